The van der Waals surface area contributed by atoms with Gasteiger partial charge in [-0.05, 0) is 36.8 Å². The molecular weight excluding hydrogens is 253 g/mol. The van der Waals surface area contributed by atoms with Gasteiger partial charge in [-0.2, -0.15) is 0 Å². The zero-order chi connectivity index (χ0) is 14.1. The van der Waals surface area contributed by atoms with E-state index in [1.54, 1.807) is 6.07 Å². The van der Waals surface area contributed by atoms with Crippen LogP contribution in [-0.4, -0.2) is 30.0 Å². The van der Waals surface area contributed by atoms with Crippen LogP contribution in [0.15, 0.2) is 29.3 Å². The molecule has 108 valence electrons. The lowest BCUT2D eigenvalue weighted by molar-refractivity contribution is 0.270. The third kappa shape index (κ3) is 2.79. The van der Waals surface area contributed by atoms with E-state index in [1.807, 2.05) is 12.1 Å². The number of piperidine rings is 1. The summed E-state index contributed by atoms with van der Waals surface area (Å²) < 4.78 is 13.7. The van der Waals surface area contributed by atoms with Crippen molar-refractivity contribution in [1.82, 2.24) is 4.90 Å². The van der Waals surface area contributed by atoms with Crippen molar-refractivity contribution in [3.05, 3.63) is 35.6 Å². The summed E-state index contributed by atoms with van der Waals surface area (Å²) >= 11 is 0. The van der Waals surface area contributed by atoms with Crippen molar-refractivity contribution in [1.29, 1.82) is 0 Å². The van der Waals surface area contributed by atoms with Gasteiger partial charge in [0.2, 0.25) is 0 Å². The molecular formula is C16H22FN3. The van der Waals surface area contributed by atoms with E-state index in [1.165, 1.54) is 18.9 Å². The maximum Gasteiger partial charge on any atom is 0.191 e. The number of guanidine groups is 1. The molecule has 20 heavy (non-hydrogen) atoms. The predicted molar refractivity (Wildman–Crippen MR) is 79.1 cm³/mol. The molecule has 1 saturated heterocycles. The molecule has 3 atom stereocenters. The molecule has 1 saturated carbocycles. The summed E-state index contributed by atoms with van der Waals surface area (Å²) in [4.78, 5) is 6.77. The van der Waals surface area contributed by atoms with E-state index in [-0.39, 0.29) is 17.8 Å². The van der Waals surface area contributed by atoms with Crippen LogP contribution in [0.1, 0.15) is 37.7 Å². The minimum absolute atomic E-state index is 0.125. The highest BCUT2D eigenvalue weighted by atomic mass is 19.1. The van der Waals surface area contributed by atoms with E-state index < -0.39 is 0 Å². The minimum Gasteiger partial charge on any atom is -0.370 e. The molecule has 1 aliphatic heterocycles. The van der Waals surface area contributed by atoms with Gasteiger partial charge in [0, 0.05) is 19.0 Å². The highest BCUT2D eigenvalue weighted by molar-refractivity contribution is 5.78. The lowest BCUT2D eigenvalue weighted by Crippen LogP contribution is -2.43. The van der Waals surface area contributed by atoms with E-state index in [2.05, 4.69) is 16.8 Å². The van der Waals surface area contributed by atoms with E-state index in [0.717, 1.165) is 25.1 Å². The Morgan fingerprint density at radius 2 is 2.20 bits per heavy atom. The maximum absolute atomic E-state index is 13.7. The SMILES string of the molecule is CC1CCCN(C(N)=N[C@@H]2C[C@H]2c2ccccc2F)C1. The molecule has 1 unspecified atom stereocenters. The lowest BCUT2D eigenvalue weighted by atomic mass is 10.0. The highest BCUT2D eigenvalue weighted by Gasteiger charge is 2.40. The number of hydrogen-bond acceptors (Lipinski definition) is 1. The first kappa shape index (κ1) is 13.4. The van der Waals surface area contributed by atoms with Crippen molar-refractivity contribution >= 4 is 5.96 Å². The molecule has 0 radical (unpaired) electrons. The summed E-state index contributed by atoms with van der Waals surface area (Å²) in [5.41, 5.74) is 6.89. The molecule has 1 aliphatic carbocycles. The van der Waals surface area contributed by atoms with Gasteiger partial charge in [-0.3, -0.25) is 0 Å². The monoisotopic (exact) mass is 275 g/mol. The van der Waals surface area contributed by atoms with Gasteiger partial charge < -0.3 is 10.6 Å². The number of halogens is 1. The van der Waals surface area contributed by atoms with E-state index in [9.17, 15) is 4.39 Å². The normalized spacial score (nSPS) is 30.4. The fourth-order valence-electron chi connectivity index (χ4n) is 3.08. The summed E-state index contributed by atoms with van der Waals surface area (Å²) in [5, 5.41) is 0. The Morgan fingerprint density at radius 1 is 1.40 bits per heavy atom. The van der Waals surface area contributed by atoms with E-state index in [0.29, 0.717) is 11.9 Å². The van der Waals surface area contributed by atoms with Gasteiger partial charge in [0.1, 0.15) is 5.82 Å². The fourth-order valence-corrected chi connectivity index (χ4v) is 3.08. The number of hydrogen-bond donors (Lipinski definition) is 1. The second-order valence-electron chi connectivity index (χ2n) is 6.11. The van der Waals surface area contributed by atoms with E-state index in [4.69, 9.17) is 5.73 Å². The number of aliphatic imine (C=N–C) groups is 1. The Hall–Kier alpha value is -1.58. The molecule has 3 nitrogen and oxygen atoms in total. The third-order valence-electron chi connectivity index (χ3n) is 4.34. The minimum atomic E-state index is -0.125. The molecule has 0 aromatic heterocycles. The second-order valence-corrected chi connectivity index (χ2v) is 6.11. The quantitative estimate of drug-likeness (QED) is 0.666. The number of likely N-dealkylation sites (tertiary alicyclic amines) is 1. The second kappa shape index (κ2) is 5.43. The number of nitrogens with two attached hydrogens (primary N) is 1. The molecule has 1 heterocycles. The average molecular weight is 275 g/mol. The van der Waals surface area contributed by atoms with Crippen molar-refractivity contribution in [2.75, 3.05) is 13.1 Å². The van der Waals surface area contributed by atoms with Gasteiger partial charge in [0.15, 0.2) is 5.96 Å². The predicted octanol–water partition coefficient (Wildman–Crippen LogP) is 2.73. The van der Waals surface area contributed by atoms with Crippen LogP contribution in [0, 0.1) is 11.7 Å². The maximum atomic E-state index is 13.7. The fraction of sp³-hybridized carbons (Fsp3) is 0.562. The molecule has 1 aromatic rings. The standard InChI is InChI=1S/C16H22FN3/c1-11-5-4-8-20(10-11)16(18)19-15-9-13(15)12-6-2-3-7-14(12)17/h2-3,6-7,11,13,15H,4-5,8-10H2,1H3,(H2,18,19)/t11?,13-,15+/m0/s1. The molecule has 1 aromatic carbocycles. The largest absolute Gasteiger partial charge is 0.370 e. The average Bonchev–Trinajstić information content (AvgIpc) is 3.18. The Bertz CT molecular complexity index is 514. The van der Waals surface area contributed by atoms with Gasteiger partial charge in [0.05, 0.1) is 6.04 Å². The molecule has 2 fully saturated rings. The van der Waals surface area contributed by atoms with Gasteiger partial charge in [-0.15, -0.1) is 0 Å². The van der Waals surface area contributed by atoms with Gasteiger partial charge in [-0.1, -0.05) is 25.1 Å². The van der Waals surface area contributed by atoms with E-state index >= 15 is 0 Å². The van der Waals surface area contributed by atoms with Crippen LogP contribution in [0.4, 0.5) is 4.39 Å². The topological polar surface area (TPSA) is 41.6 Å². The number of rotatable bonds is 2. The third-order valence-corrected chi connectivity index (χ3v) is 4.34. The number of nitrogens with zero attached hydrogens (tertiary/aromatic N) is 2. The Kier molecular flexibility index (Phi) is 3.64. The van der Waals surface area contributed by atoms with Gasteiger partial charge in [0.25, 0.3) is 0 Å². The van der Waals surface area contributed by atoms with Crippen LogP contribution in [0.25, 0.3) is 0 Å². The van der Waals surface area contributed by atoms with Crippen molar-refractivity contribution in [2.24, 2.45) is 16.6 Å². The first-order valence-corrected chi connectivity index (χ1v) is 7.48. The van der Waals surface area contributed by atoms with Crippen molar-refractivity contribution < 1.29 is 4.39 Å². The summed E-state index contributed by atoms with van der Waals surface area (Å²) in [6.07, 6.45) is 3.36. The molecule has 0 bridgehead atoms. The summed E-state index contributed by atoms with van der Waals surface area (Å²) in [6.45, 7) is 4.24. The van der Waals surface area contributed by atoms with Gasteiger partial charge in [-0.25, -0.2) is 9.38 Å². The smallest absolute Gasteiger partial charge is 0.191 e. The van der Waals surface area contributed by atoms with Crippen molar-refractivity contribution in [3.8, 4) is 0 Å². The van der Waals surface area contributed by atoms with Crippen LogP contribution in [0.5, 0.6) is 0 Å². The Labute approximate surface area is 119 Å². The Balaban J connectivity index is 1.64. The van der Waals surface area contributed by atoms with Crippen LogP contribution >= 0.6 is 0 Å². The zero-order valence-corrected chi connectivity index (χ0v) is 11.9. The van der Waals surface area contributed by atoms with Crippen molar-refractivity contribution in [2.45, 2.75) is 38.1 Å². The van der Waals surface area contributed by atoms with Crippen LogP contribution in [-0.2, 0) is 0 Å². The Morgan fingerprint density at radius 3 is 2.95 bits per heavy atom. The molecule has 0 spiro atoms. The summed E-state index contributed by atoms with van der Waals surface area (Å²) in [6, 6.07) is 7.14. The molecule has 2 aliphatic rings. The van der Waals surface area contributed by atoms with Crippen LogP contribution < -0.4 is 5.73 Å². The lowest BCUT2D eigenvalue weighted by Gasteiger charge is -2.31. The summed E-state index contributed by atoms with van der Waals surface area (Å²) in [7, 11) is 0. The first-order valence-electron chi connectivity index (χ1n) is 7.48. The highest BCUT2D eigenvalue weighted by Crippen LogP contribution is 2.44. The van der Waals surface area contributed by atoms with Crippen LogP contribution in [0.3, 0.4) is 0 Å². The van der Waals surface area contributed by atoms with Crippen LogP contribution in [0.2, 0.25) is 0 Å². The molecule has 2 N–H and O–H groups in total. The van der Waals surface area contributed by atoms with Gasteiger partial charge >= 0.3 is 0 Å². The molecule has 3 rings (SSSR count). The summed E-state index contributed by atoms with van der Waals surface area (Å²) in [5.74, 6) is 1.40. The number of benzene rings is 1. The zero-order valence-electron chi connectivity index (χ0n) is 11.9. The molecule has 4 heteroatoms. The first-order chi connectivity index (χ1) is 9.65. The molecule has 0 amide bonds. The van der Waals surface area contributed by atoms with Crippen molar-refractivity contribution in [3.63, 3.8) is 0 Å².